The van der Waals surface area contributed by atoms with Crippen LogP contribution in [0.25, 0.3) is 33.4 Å². The second-order valence-electron chi connectivity index (χ2n) is 8.27. The molecule has 0 spiro atoms. The monoisotopic (exact) mass is 580 g/mol. The molecule has 4 rings (SSSR count). The van der Waals surface area contributed by atoms with Crippen molar-refractivity contribution in [1.29, 1.82) is 0 Å². The first-order chi connectivity index (χ1) is 18.0. The van der Waals surface area contributed by atoms with Gasteiger partial charge in [0.15, 0.2) is 0 Å². The molecule has 0 aromatic heterocycles. The molecular formula is C27H12ClF11. The van der Waals surface area contributed by atoms with Crippen LogP contribution in [-0.4, -0.2) is 0 Å². The van der Waals surface area contributed by atoms with Crippen LogP contribution in [0.3, 0.4) is 0 Å². The van der Waals surface area contributed by atoms with Crippen LogP contribution in [0.1, 0.15) is 16.7 Å². The van der Waals surface area contributed by atoms with Gasteiger partial charge < -0.3 is 0 Å². The van der Waals surface area contributed by atoms with Crippen LogP contribution in [0.2, 0.25) is 5.02 Å². The molecule has 4 aromatic carbocycles. The summed E-state index contributed by atoms with van der Waals surface area (Å²) in [6.45, 7) is 0. The van der Waals surface area contributed by atoms with Gasteiger partial charge >= 0.3 is 18.5 Å². The minimum Gasteiger partial charge on any atom is -0.207 e. The van der Waals surface area contributed by atoms with Crippen molar-refractivity contribution in [3.05, 3.63) is 106 Å². The smallest absolute Gasteiger partial charge is 0.207 e. The van der Waals surface area contributed by atoms with E-state index in [4.69, 9.17) is 11.6 Å². The molecule has 39 heavy (non-hydrogen) atoms. The zero-order valence-corrected chi connectivity index (χ0v) is 19.7. The first-order valence-electron chi connectivity index (χ1n) is 10.7. The van der Waals surface area contributed by atoms with Gasteiger partial charge in [-0.1, -0.05) is 41.9 Å². The molecule has 204 valence electrons. The Kier molecular flexibility index (Phi) is 7.18. The number of alkyl halides is 9. The number of rotatable bonds is 3. The summed E-state index contributed by atoms with van der Waals surface area (Å²) in [4.78, 5) is 0. The third-order valence-corrected chi connectivity index (χ3v) is 6.06. The van der Waals surface area contributed by atoms with Gasteiger partial charge in [0.1, 0.15) is 11.6 Å². The van der Waals surface area contributed by atoms with Crippen molar-refractivity contribution in [3.63, 3.8) is 0 Å². The van der Waals surface area contributed by atoms with Crippen molar-refractivity contribution in [3.8, 4) is 33.4 Å². The minimum atomic E-state index is -5.57. The van der Waals surface area contributed by atoms with Crippen LogP contribution >= 0.6 is 11.6 Å². The molecule has 0 N–H and O–H groups in total. The van der Waals surface area contributed by atoms with Crippen LogP contribution in [0, 0.1) is 11.6 Å². The standard InChI is InChI=1S/C27H12ClF11/c28-20-12-17(16-11-15(29)7-8-19(16)26(34,35)36)24(27(37,38)39)23(22(20)13-4-2-1-3-5-13)18-10-14(25(31,32)33)6-9-21(18)30/h1-12H. The van der Waals surface area contributed by atoms with Gasteiger partial charge in [0.25, 0.3) is 0 Å². The first kappa shape index (κ1) is 28.4. The molecule has 12 heteroatoms. The summed E-state index contributed by atoms with van der Waals surface area (Å²) < 4.78 is 155. The minimum absolute atomic E-state index is 0.0957. The molecule has 0 nitrogen and oxygen atoms in total. The van der Waals surface area contributed by atoms with E-state index >= 15 is 4.39 Å². The van der Waals surface area contributed by atoms with Gasteiger partial charge in [-0.05, 0) is 59.2 Å². The largest absolute Gasteiger partial charge is 0.417 e. The molecule has 0 saturated carbocycles. The van der Waals surface area contributed by atoms with Crippen molar-refractivity contribution in [1.82, 2.24) is 0 Å². The summed E-state index contributed by atoms with van der Waals surface area (Å²) in [5.41, 5.74) is -10.8. The van der Waals surface area contributed by atoms with E-state index in [1.165, 1.54) is 30.3 Å². The summed E-state index contributed by atoms with van der Waals surface area (Å²) in [7, 11) is 0. The zero-order chi connectivity index (χ0) is 28.9. The van der Waals surface area contributed by atoms with Crippen molar-refractivity contribution >= 4 is 11.6 Å². The fourth-order valence-electron chi connectivity index (χ4n) is 4.19. The summed E-state index contributed by atoms with van der Waals surface area (Å²) in [6.07, 6.45) is -16.0. The van der Waals surface area contributed by atoms with Crippen molar-refractivity contribution in [2.24, 2.45) is 0 Å². The molecule has 0 aliphatic carbocycles. The van der Waals surface area contributed by atoms with E-state index in [1.54, 1.807) is 0 Å². The van der Waals surface area contributed by atoms with Gasteiger partial charge in [-0.25, -0.2) is 8.78 Å². The summed E-state index contributed by atoms with van der Waals surface area (Å²) in [5.74, 6) is -2.87. The Hall–Kier alpha value is -3.60. The summed E-state index contributed by atoms with van der Waals surface area (Å²) in [5, 5.41) is -0.645. The lowest BCUT2D eigenvalue weighted by atomic mass is 9.83. The summed E-state index contributed by atoms with van der Waals surface area (Å²) >= 11 is 6.29. The molecule has 0 unspecified atom stereocenters. The lowest BCUT2D eigenvalue weighted by molar-refractivity contribution is -0.139. The number of hydrogen-bond donors (Lipinski definition) is 0. The SMILES string of the molecule is Fc1ccc(C(F)(F)F)c(-c2cc(Cl)c(-c3ccccc3)c(-c3cc(C(F)(F)F)ccc3F)c2C(F)(F)F)c1. The van der Waals surface area contributed by atoms with Crippen LogP contribution in [0.5, 0.6) is 0 Å². The predicted octanol–water partition coefficient (Wildman–Crippen LogP) is 10.7. The van der Waals surface area contributed by atoms with Gasteiger partial charge in [0, 0.05) is 21.7 Å². The Morgan fingerprint density at radius 2 is 1.18 bits per heavy atom. The fourth-order valence-corrected chi connectivity index (χ4v) is 4.51. The topological polar surface area (TPSA) is 0 Å². The number of benzene rings is 4. The van der Waals surface area contributed by atoms with Crippen LogP contribution in [-0.2, 0) is 18.5 Å². The Labute approximate surface area is 218 Å². The van der Waals surface area contributed by atoms with Crippen molar-refractivity contribution in [2.45, 2.75) is 18.5 Å². The second-order valence-corrected chi connectivity index (χ2v) is 8.68. The third-order valence-electron chi connectivity index (χ3n) is 5.77. The van der Waals surface area contributed by atoms with E-state index in [9.17, 15) is 43.9 Å². The Balaban J connectivity index is 2.28. The van der Waals surface area contributed by atoms with E-state index in [0.29, 0.717) is 18.2 Å². The highest BCUT2D eigenvalue weighted by Gasteiger charge is 2.43. The van der Waals surface area contributed by atoms with E-state index in [-0.39, 0.29) is 29.8 Å². The number of halogens is 12. The second kappa shape index (κ2) is 9.86. The lowest BCUT2D eigenvalue weighted by Crippen LogP contribution is -2.15. The van der Waals surface area contributed by atoms with E-state index in [2.05, 4.69) is 0 Å². The maximum absolute atomic E-state index is 15.1. The first-order valence-corrected chi connectivity index (χ1v) is 11.1. The molecule has 0 aliphatic rings. The van der Waals surface area contributed by atoms with E-state index in [1.807, 2.05) is 0 Å². The highest BCUT2D eigenvalue weighted by molar-refractivity contribution is 6.34. The van der Waals surface area contributed by atoms with Crippen LogP contribution < -0.4 is 0 Å². The van der Waals surface area contributed by atoms with E-state index < -0.39 is 79.7 Å². The quantitative estimate of drug-likeness (QED) is 0.212. The third kappa shape index (κ3) is 5.59. The van der Waals surface area contributed by atoms with Gasteiger partial charge in [-0.2, -0.15) is 39.5 Å². The molecule has 0 atom stereocenters. The van der Waals surface area contributed by atoms with Crippen molar-refractivity contribution in [2.75, 3.05) is 0 Å². The van der Waals surface area contributed by atoms with Crippen LogP contribution in [0.4, 0.5) is 48.3 Å². The highest BCUT2D eigenvalue weighted by Crippen LogP contribution is 2.53. The molecule has 0 amide bonds. The number of hydrogen-bond acceptors (Lipinski definition) is 0. The molecular weight excluding hydrogens is 569 g/mol. The average molecular weight is 581 g/mol. The van der Waals surface area contributed by atoms with Gasteiger partial charge in [-0.3, -0.25) is 0 Å². The predicted molar refractivity (Wildman–Crippen MR) is 123 cm³/mol. The average Bonchev–Trinajstić information content (AvgIpc) is 2.82. The van der Waals surface area contributed by atoms with Gasteiger partial charge in [-0.15, -0.1) is 0 Å². The summed E-state index contributed by atoms with van der Waals surface area (Å²) in [6, 6.07) is 8.64. The lowest BCUT2D eigenvalue weighted by Gasteiger charge is -2.25. The molecule has 0 aliphatic heterocycles. The maximum Gasteiger partial charge on any atom is 0.417 e. The normalized spacial score (nSPS) is 12.6. The Morgan fingerprint density at radius 3 is 1.74 bits per heavy atom. The van der Waals surface area contributed by atoms with Gasteiger partial charge in [0.05, 0.1) is 16.7 Å². The zero-order valence-electron chi connectivity index (χ0n) is 19.0. The molecule has 0 saturated heterocycles. The molecule has 0 bridgehead atoms. The Bertz CT molecular complexity index is 1530. The highest BCUT2D eigenvalue weighted by atomic mass is 35.5. The van der Waals surface area contributed by atoms with Gasteiger partial charge in [0.2, 0.25) is 0 Å². The molecule has 0 radical (unpaired) electrons. The molecule has 0 heterocycles. The van der Waals surface area contributed by atoms with Crippen LogP contribution in [0.15, 0.2) is 72.8 Å². The maximum atomic E-state index is 15.1. The molecule has 0 fully saturated rings. The fraction of sp³-hybridized carbons (Fsp3) is 0.111. The Morgan fingerprint density at radius 1 is 0.538 bits per heavy atom. The van der Waals surface area contributed by atoms with E-state index in [0.717, 1.165) is 0 Å². The van der Waals surface area contributed by atoms with Crippen molar-refractivity contribution < 1.29 is 48.3 Å². The molecule has 4 aromatic rings.